The minimum Gasteiger partial charge on any atom is -0.469 e. The van der Waals surface area contributed by atoms with Gasteiger partial charge in [0.1, 0.15) is 5.82 Å². The van der Waals surface area contributed by atoms with Crippen LogP contribution in [-0.2, 0) is 9.53 Å². The van der Waals surface area contributed by atoms with Crippen LogP contribution < -0.4 is 0 Å². The maximum atomic E-state index is 13.3. The molecule has 0 aliphatic heterocycles. The van der Waals surface area contributed by atoms with Gasteiger partial charge in [-0.1, -0.05) is 12.1 Å². The van der Waals surface area contributed by atoms with E-state index in [4.69, 9.17) is 0 Å². The van der Waals surface area contributed by atoms with Gasteiger partial charge in [0.2, 0.25) is 0 Å². The lowest BCUT2D eigenvalue weighted by molar-refractivity contribution is -0.148. The highest BCUT2D eigenvalue weighted by molar-refractivity contribution is 5.72. The van der Waals surface area contributed by atoms with Crippen molar-refractivity contribution in [2.45, 2.75) is 20.0 Å². The number of hydrogen-bond acceptors (Lipinski definition) is 3. The molecule has 1 aromatic carbocycles. The van der Waals surface area contributed by atoms with E-state index in [0.717, 1.165) is 0 Å². The third-order valence-electron chi connectivity index (χ3n) is 2.58. The Bertz CT molecular complexity index is 390. The minimum atomic E-state index is -1.05. The van der Waals surface area contributed by atoms with E-state index in [1.807, 2.05) is 0 Å². The average molecular weight is 226 g/mol. The molecule has 0 saturated heterocycles. The summed E-state index contributed by atoms with van der Waals surface area (Å²) in [6, 6.07) is 4.40. The molecule has 0 aromatic heterocycles. The Hall–Kier alpha value is -1.42. The summed E-state index contributed by atoms with van der Waals surface area (Å²) in [4.78, 5) is 11.2. The van der Waals surface area contributed by atoms with Crippen LogP contribution in [0, 0.1) is 18.7 Å². The van der Waals surface area contributed by atoms with Crippen LogP contribution in [0.25, 0.3) is 0 Å². The molecule has 0 amide bonds. The summed E-state index contributed by atoms with van der Waals surface area (Å²) in [7, 11) is 1.25. The standard InChI is InChI=1S/C12H15FO3/c1-7-4-5-9(6-10(7)13)11(14)8(2)12(15)16-3/h4-6,8,11,14H,1-3H3. The third-order valence-corrected chi connectivity index (χ3v) is 2.58. The zero-order valence-corrected chi connectivity index (χ0v) is 9.53. The summed E-state index contributed by atoms with van der Waals surface area (Å²) in [6.45, 7) is 3.17. The number of hydrogen-bond donors (Lipinski definition) is 1. The second-order valence-corrected chi connectivity index (χ2v) is 3.77. The number of aryl methyl sites for hydroxylation is 1. The summed E-state index contributed by atoms with van der Waals surface area (Å²) in [6.07, 6.45) is -1.05. The van der Waals surface area contributed by atoms with Crippen LogP contribution in [-0.4, -0.2) is 18.2 Å². The molecule has 0 aliphatic rings. The lowest BCUT2D eigenvalue weighted by Gasteiger charge is -2.17. The quantitative estimate of drug-likeness (QED) is 0.801. The molecule has 1 rings (SSSR count). The molecule has 0 radical (unpaired) electrons. The van der Waals surface area contributed by atoms with Crippen molar-refractivity contribution in [1.29, 1.82) is 0 Å². The lowest BCUT2D eigenvalue weighted by atomic mass is 9.96. The molecule has 88 valence electrons. The molecule has 0 aliphatic carbocycles. The van der Waals surface area contributed by atoms with E-state index in [2.05, 4.69) is 4.74 Å². The second kappa shape index (κ2) is 5.07. The summed E-state index contributed by atoms with van der Waals surface area (Å²) < 4.78 is 17.8. The van der Waals surface area contributed by atoms with Gasteiger partial charge in [0.05, 0.1) is 19.1 Å². The van der Waals surface area contributed by atoms with Gasteiger partial charge in [0, 0.05) is 0 Å². The first-order valence-electron chi connectivity index (χ1n) is 4.99. The van der Waals surface area contributed by atoms with E-state index in [1.165, 1.54) is 20.1 Å². The summed E-state index contributed by atoms with van der Waals surface area (Å²) >= 11 is 0. The molecule has 0 saturated carbocycles. The Morgan fingerprint density at radius 3 is 2.62 bits per heavy atom. The highest BCUT2D eigenvalue weighted by Gasteiger charge is 2.24. The van der Waals surface area contributed by atoms with Gasteiger partial charge < -0.3 is 9.84 Å². The summed E-state index contributed by atoms with van der Waals surface area (Å²) in [5, 5.41) is 9.84. The molecule has 3 nitrogen and oxygen atoms in total. The molecule has 0 bridgehead atoms. The topological polar surface area (TPSA) is 46.5 Å². The molecule has 4 heteroatoms. The molecule has 0 spiro atoms. The van der Waals surface area contributed by atoms with E-state index in [9.17, 15) is 14.3 Å². The number of benzene rings is 1. The number of ether oxygens (including phenoxy) is 1. The van der Waals surface area contributed by atoms with Gasteiger partial charge in [0.25, 0.3) is 0 Å². The zero-order chi connectivity index (χ0) is 12.3. The highest BCUT2D eigenvalue weighted by atomic mass is 19.1. The first-order chi connectivity index (χ1) is 7.47. The molecule has 16 heavy (non-hydrogen) atoms. The van der Waals surface area contributed by atoms with Gasteiger partial charge in [0.15, 0.2) is 0 Å². The largest absolute Gasteiger partial charge is 0.469 e. The SMILES string of the molecule is COC(=O)C(C)C(O)c1ccc(C)c(F)c1. The monoisotopic (exact) mass is 226 g/mol. The van der Waals surface area contributed by atoms with Crippen LogP contribution >= 0.6 is 0 Å². The smallest absolute Gasteiger partial charge is 0.311 e. The fourth-order valence-corrected chi connectivity index (χ4v) is 1.40. The van der Waals surface area contributed by atoms with Gasteiger partial charge in [-0.25, -0.2) is 4.39 Å². The van der Waals surface area contributed by atoms with Crippen molar-refractivity contribution >= 4 is 5.97 Å². The number of aliphatic hydroxyl groups is 1. The maximum Gasteiger partial charge on any atom is 0.311 e. The number of carbonyl (C=O) groups is 1. The van der Waals surface area contributed by atoms with Crippen molar-refractivity contribution in [1.82, 2.24) is 0 Å². The average Bonchev–Trinajstić information content (AvgIpc) is 2.29. The number of esters is 1. The first-order valence-corrected chi connectivity index (χ1v) is 4.99. The Balaban J connectivity index is 2.91. The zero-order valence-electron chi connectivity index (χ0n) is 9.53. The van der Waals surface area contributed by atoms with E-state index in [1.54, 1.807) is 19.1 Å². The molecule has 0 fully saturated rings. The number of aliphatic hydroxyl groups excluding tert-OH is 1. The number of halogens is 1. The normalized spacial score (nSPS) is 14.3. The Kier molecular flexibility index (Phi) is 4.01. The van der Waals surface area contributed by atoms with Crippen LogP contribution in [0.1, 0.15) is 24.2 Å². The molecule has 1 N–H and O–H groups in total. The van der Waals surface area contributed by atoms with E-state index >= 15 is 0 Å². The van der Waals surface area contributed by atoms with E-state index in [-0.39, 0.29) is 0 Å². The predicted molar refractivity (Wildman–Crippen MR) is 57.3 cm³/mol. The Morgan fingerprint density at radius 1 is 1.50 bits per heavy atom. The number of carbonyl (C=O) groups excluding carboxylic acids is 1. The van der Waals surface area contributed by atoms with Crippen LogP contribution in [0.4, 0.5) is 4.39 Å². The van der Waals surface area contributed by atoms with E-state index in [0.29, 0.717) is 11.1 Å². The van der Waals surface area contributed by atoms with Gasteiger partial charge in [-0.15, -0.1) is 0 Å². The van der Waals surface area contributed by atoms with Crippen molar-refractivity contribution in [2.75, 3.05) is 7.11 Å². The van der Waals surface area contributed by atoms with Crippen molar-refractivity contribution in [2.24, 2.45) is 5.92 Å². The summed E-state index contributed by atoms with van der Waals surface area (Å²) in [5.74, 6) is -1.63. The van der Waals surface area contributed by atoms with Gasteiger partial charge in [-0.2, -0.15) is 0 Å². The van der Waals surface area contributed by atoms with Gasteiger partial charge >= 0.3 is 5.97 Å². The maximum absolute atomic E-state index is 13.3. The number of rotatable bonds is 3. The molecule has 0 heterocycles. The van der Waals surface area contributed by atoms with Crippen molar-refractivity contribution < 1.29 is 19.0 Å². The third kappa shape index (κ3) is 2.58. The van der Waals surface area contributed by atoms with Gasteiger partial charge in [-0.3, -0.25) is 4.79 Å². The molecule has 2 unspecified atom stereocenters. The van der Waals surface area contributed by atoms with Crippen LogP contribution in [0.3, 0.4) is 0 Å². The Labute approximate surface area is 93.9 Å². The number of methoxy groups -OCH3 is 1. The lowest BCUT2D eigenvalue weighted by Crippen LogP contribution is -2.20. The fourth-order valence-electron chi connectivity index (χ4n) is 1.40. The molecular weight excluding hydrogens is 211 g/mol. The van der Waals surface area contributed by atoms with Crippen molar-refractivity contribution in [3.8, 4) is 0 Å². The highest BCUT2D eigenvalue weighted by Crippen LogP contribution is 2.24. The minimum absolute atomic E-state index is 0.376. The second-order valence-electron chi connectivity index (χ2n) is 3.77. The first kappa shape index (κ1) is 12.6. The van der Waals surface area contributed by atoms with Crippen molar-refractivity contribution in [3.63, 3.8) is 0 Å². The summed E-state index contributed by atoms with van der Waals surface area (Å²) in [5.41, 5.74) is 0.877. The molecule has 1 aromatic rings. The van der Waals surface area contributed by atoms with E-state index < -0.39 is 23.8 Å². The van der Waals surface area contributed by atoms with Gasteiger partial charge in [-0.05, 0) is 31.0 Å². The predicted octanol–water partition coefficient (Wildman–Crippen LogP) is 1.98. The fraction of sp³-hybridized carbons (Fsp3) is 0.417. The van der Waals surface area contributed by atoms with Crippen LogP contribution in [0.15, 0.2) is 18.2 Å². The van der Waals surface area contributed by atoms with Crippen LogP contribution in [0.5, 0.6) is 0 Å². The molecular formula is C12H15FO3. The van der Waals surface area contributed by atoms with Crippen molar-refractivity contribution in [3.05, 3.63) is 35.1 Å². The Morgan fingerprint density at radius 2 is 2.12 bits per heavy atom. The molecule has 2 atom stereocenters. The van der Waals surface area contributed by atoms with Crippen LogP contribution in [0.2, 0.25) is 0 Å².